The monoisotopic (exact) mass is 266 g/mol. The molecule has 0 aliphatic carbocycles. The summed E-state index contributed by atoms with van der Waals surface area (Å²) in [7, 11) is -4.79. The van der Waals surface area contributed by atoms with Gasteiger partial charge in [0.2, 0.25) is 0 Å². The average Bonchev–Trinajstić information content (AvgIpc) is 2.41. The molecule has 4 nitrogen and oxygen atoms in total. The van der Waals surface area contributed by atoms with Crippen LogP contribution in [0.1, 0.15) is 6.42 Å². The highest BCUT2D eigenvalue weighted by molar-refractivity contribution is 7.86. The number of rotatable bonds is 1. The van der Waals surface area contributed by atoms with E-state index in [0.717, 1.165) is 12.1 Å². The Morgan fingerprint density at radius 1 is 1.25 bits per heavy atom. The van der Waals surface area contributed by atoms with E-state index in [1.807, 2.05) is 0 Å². The van der Waals surface area contributed by atoms with Gasteiger partial charge in [0.1, 0.15) is 4.90 Å². The predicted molar refractivity (Wildman–Crippen MR) is 55.4 cm³/mol. The molecule has 0 unspecified atom stereocenters. The summed E-state index contributed by atoms with van der Waals surface area (Å²) >= 11 is 5.79. The quantitative estimate of drug-likeness (QED) is 0.731. The lowest BCUT2D eigenvalue weighted by atomic mass is 10.3. The van der Waals surface area contributed by atoms with E-state index in [-0.39, 0.29) is 16.5 Å². The van der Waals surface area contributed by atoms with Crippen LogP contribution in [0.5, 0.6) is 11.5 Å². The maximum atomic E-state index is 12.8. The highest BCUT2D eigenvalue weighted by Crippen LogP contribution is 2.39. The Balaban J connectivity index is 2.56. The third-order valence-electron chi connectivity index (χ3n) is 2.06. The van der Waals surface area contributed by atoms with Gasteiger partial charge >= 0.3 is 10.2 Å². The largest absolute Gasteiger partial charge is 0.489 e. The summed E-state index contributed by atoms with van der Waals surface area (Å²) in [6, 6.07) is 2.08. The van der Waals surface area contributed by atoms with Crippen molar-refractivity contribution in [2.24, 2.45) is 0 Å². The summed E-state index contributed by atoms with van der Waals surface area (Å²) in [4.78, 5) is -0.526. The first kappa shape index (κ1) is 11.5. The molecule has 0 atom stereocenters. The van der Waals surface area contributed by atoms with Gasteiger partial charge in [-0.3, -0.25) is 0 Å². The van der Waals surface area contributed by atoms with Crippen LogP contribution in [0.15, 0.2) is 17.0 Å². The van der Waals surface area contributed by atoms with E-state index in [9.17, 15) is 12.3 Å². The Morgan fingerprint density at radius 3 is 2.62 bits per heavy atom. The molecule has 0 spiro atoms. The number of halogens is 2. The molecule has 0 radical (unpaired) electrons. The van der Waals surface area contributed by atoms with Gasteiger partial charge in [-0.1, -0.05) is 11.6 Å². The molecule has 1 heterocycles. The molecule has 16 heavy (non-hydrogen) atoms. The van der Waals surface area contributed by atoms with Crippen LogP contribution < -0.4 is 9.47 Å². The number of ether oxygens (including phenoxy) is 2. The van der Waals surface area contributed by atoms with Gasteiger partial charge in [-0.25, -0.2) is 0 Å². The lowest BCUT2D eigenvalue weighted by Crippen LogP contribution is -1.97. The van der Waals surface area contributed by atoms with Gasteiger partial charge in [0, 0.05) is 12.5 Å². The normalized spacial score (nSPS) is 15.6. The van der Waals surface area contributed by atoms with Crippen LogP contribution in [0, 0.1) is 0 Å². The molecule has 0 bridgehead atoms. The topological polar surface area (TPSA) is 52.6 Å². The zero-order chi connectivity index (χ0) is 11.8. The molecule has 7 heteroatoms. The van der Waals surface area contributed by atoms with Gasteiger partial charge in [0.25, 0.3) is 0 Å². The Morgan fingerprint density at radius 2 is 1.94 bits per heavy atom. The van der Waals surface area contributed by atoms with Crippen molar-refractivity contribution in [1.29, 1.82) is 0 Å². The summed E-state index contributed by atoms with van der Waals surface area (Å²) in [5.74, 6) is 0.410. The average molecular weight is 267 g/mol. The second-order valence-electron chi connectivity index (χ2n) is 3.22. The van der Waals surface area contributed by atoms with Crippen LogP contribution in [0.2, 0.25) is 5.02 Å². The number of hydrogen-bond donors (Lipinski definition) is 0. The highest BCUT2D eigenvalue weighted by Gasteiger charge is 2.21. The summed E-state index contributed by atoms with van der Waals surface area (Å²) in [5.41, 5.74) is 0. The SMILES string of the molecule is O=S(=O)(F)c1cc(Cl)c2c(c1)OCCCO2. The number of hydrogen-bond acceptors (Lipinski definition) is 4. The molecule has 1 aliphatic rings. The second-order valence-corrected chi connectivity index (χ2v) is 4.97. The number of benzene rings is 1. The van der Waals surface area contributed by atoms with Gasteiger partial charge in [-0.05, 0) is 6.07 Å². The molecular weight excluding hydrogens is 259 g/mol. The zero-order valence-corrected chi connectivity index (χ0v) is 9.65. The van der Waals surface area contributed by atoms with Crippen molar-refractivity contribution in [3.8, 4) is 11.5 Å². The van der Waals surface area contributed by atoms with Crippen LogP contribution in [0.3, 0.4) is 0 Å². The Labute approximate surface area is 97.1 Å². The van der Waals surface area contributed by atoms with E-state index in [1.54, 1.807) is 0 Å². The van der Waals surface area contributed by atoms with Gasteiger partial charge in [-0.15, -0.1) is 3.89 Å². The highest BCUT2D eigenvalue weighted by atomic mass is 35.5. The van der Waals surface area contributed by atoms with Crippen molar-refractivity contribution in [2.45, 2.75) is 11.3 Å². The minimum absolute atomic E-state index is 0.0237. The minimum Gasteiger partial charge on any atom is -0.489 e. The predicted octanol–water partition coefficient (Wildman–Crippen LogP) is 2.16. The molecule has 0 aromatic heterocycles. The minimum atomic E-state index is -4.79. The third kappa shape index (κ3) is 2.22. The first-order valence-corrected chi connectivity index (χ1v) is 6.28. The van der Waals surface area contributed by atoms with E-state index in [1.165, 1.54) is 0 Å². The summed E-state index contributed by atoms with van der Waals surface area (Å²) in [6.45, 7) is 0.799. The molecule has 2 rings (SSSR count). The lowest BCUT2D eigenvalue weighted by molar-refractivity contribution is 0.297. The van der Waals surface area contributed by atoms with Crippen LogP contribution >= 0.6 is 11.6 Å². The molecule has 1 aromatic rings. The van der Waals surface area contributed by atoms with Gasteiger partial charge in [0.05, 0.1) is 18.2 Å². The van der Waals surface area contributed by atoms with E-state index in [2.05, 4.69) is 0 Å². The Bertz CT molecular complexity index is 514. The van der Waals surface area contributed by atoms with Crippen LogP contribution in [0.25, 0.3) is 0 Å². The zero-order valence-electron chi connectivity index (χ0n) is 8.07. The molecule has 1 aromatic carbocycles. The van der Waals surface area contributed by atoms with E-state index in [0.29, 0.717) is 19.6 Å². The van der Waals surface area contributed by atoms with Crippen molar-refractivity contribution in [3.63, 3.8) is 0 Å². The summed E-state index contributed by atoms with van der Waals surface area (Å²) < 4.78 is 44.8. The fourth-order valence-corrected chi connectivity index (χ4v) is 2.18. The first-order chi connectivity index (χ1) is 7.48. The van der Waals surface area contributed by atoms with Crippen LogP contribution in [0.4, 0.5) is 3.89 Å². The molecular formula is C9H8ClFO4S. The molecule has 1 aliphatic heterocycles. The lowest BCUT2D eigenvalue weighted by Gasteiger charge is -2.09. The van der Waals surface area contributed by atoms with Crippen LogP contribution in [-0.2, 0) is 10.2 Å². The molecule has 0 saturated heterocycles. The summed E-state index contributed by atoms with van der Waals surface area (Å²) in [6.07, 6.45) is 0.655. The molecule has 88 valence electrons. The summed E-state index contributed by atoms with van der Waals surface area (Å²) in [5, 5.41) is 0.0237. The van der Waals surface area contributed by atoms with E-state index >= 15 is 0 Å². The third-order valence-corrected chi connectivity index (χ3v) is 3.14. The maximum absolute atomic E-state index is 12.8. The molecule has 0 N–H and O–H groups in total. The molecule has 0 saturated carbocycles. The van der Waals surface area contributed by atoms with Crippen molar-refractivity contribution in [1.82, 2.24) is 0 Å². The van der Waals surface area contributed by atoms with Gasteiger partial charge in [-0.2, -0.15) is 8.42 Å². The van der Waals surface area contributed by atoms with Crippen LogP contribution in [-0.4, -0.2) is 21.6 Å². The van der Waals surface area contributed by atoms with Crippen molar-refractivity contribution in [2.75, 3.05) is 13.2 Å². The molecule has 0 amide bonds. The fourth-order valence-electron chi connectivity index (χ4n) is 1.35. The maximum Gasteiger partial charge on any atom is 0.332 e. The van der Waals surface area contributed by atoms with E-state index < -0.39 is 15.1 Å². The van der Waals surface area contributed by atoms with Crippen molar-refractivity contribution >= 4 is 21.8 Å². The van der Waals surface area contributed by atoms with Crippen molar-refractivity contribution in [3.05, 3.63) is 17.2 Å². The fraction of sp³-hybridized carbons (Fsp3) is 0.333. The first-order valence-electron chi connectivity index (χ1n) is 4.52. The second kappa shape index (κ2) is 4.10. The Hall–Kier alpha value is -1.01. The Kier molecular flexibility index (Phi) is 2.94. The van der Waals surface area contributed by atoms with Gasteiger partial charge in [0.15, 0.2) is 11.5 Å². The van der Waals surface area contributed by atoms with Crippen molar-refractivity contribution < 1.29 is 21.8 Å². The van der Waals surface area contributed by atoms with Gasteiger partial charge < -0.3 is 9.47 Å². The van der Waals surface area contributed by atoms with E-state index in [4.69, 9.17) is 21.1 Å². The smallest absolute Gasteiger partial charge is 0.332 e. The molecule has 0 fully saturated rings. The standard InChI is InChI=1S/C9H8ClFO4S/c10-7-4-6(16(11,12)13)5-8-9(7)15-3-1-2-14-8/h4-5H,1-3H2. The number of fused-ring (bicyclic) bond motifs is 1.